The molecular weight excluding hydrogens is 292 g/mol. The molecule has 0 aliphatic carbocycles. The van der Waals surface area contributed by atoms with Gasteiger partial charge in [0.2, 0.25) is 5.91 Å². The maximum Gasteiger partial charge on any atom is 0.220 e. The van der Waals surface area contributed by atoms with Gasteiger partial charge in [0.05, 0.1) is 0 Å². The number of benzene rings is 1. The van der Waals surface area contributed by atoms with Crippen LogP contribution in [0.3, 0.4) is 0 Å². The van der Waals surface area contributed by atoms with Crippen molar-refractivity contribution in [1.29, 1.82) is 0 Å². The number of rotatable bonds is 9. The third-order valence-corrected chi connectivity index (χ3v) is 3.65. The van der Waals surface area contributed by atoms with Crippen molar-refractivity contribution in [2.45, 2.75) is 58.4 Å². The van der Waals surface area contributed by atoms with Gasteiger partial charge in [-0.2, -0.15) is 0 Å². The van der Waals surface area contributed by atoms with Crippen LogP contribution in [0, 0.1) is 0 Å². The minimum absolute atomic E-state index is 0.0113. The number of carbonyl (C=O) groups excluding carboxylic acids is 1. The highest BCUT2D eigenvalue weighted by molar-refractivity contribution is 5.76. The smallest absolute Gasteiger partial charge is 0.220 e. The van der Waals surface area contributed by atoms with Gasteiger partial charge in [-0.1, -0.05) is 32.3 Å². The van der Waals surface area contributed by atoms with Gasteiger partial charge in [0, 0.05) is 29.8 Å². The maximum atomic E-state index is 11.8. The molecule has 0 bridgehead atoms. The summed E-state index contributed by atoms with van der Waals surface area (Å²) in [7, 11) is 0. The van der Waals surface area contributed by atoms with Gasteiger partial charge in [-0.25, -0.2) is 0 Å². The first kappa shape index (κ1) is 18.9. The van der Waals surface area contributed by atoms with Gasteiger partial charge in [-0.05, 0) is 31.9 Å². The lowest BCUT2D eigenvalue weighted by atomic mass is 10.1. The van der Waals surface area contributed by atoms with E-state index in [1.807, 2.05) is 6.92 Å². The SMILES string of the molecule is CCCCCCC(=O)NC(C)C/C=C(\N)c1ccc(O)cc1O. The van der Waals surface area contributed by atoms with E-state index in [4.69, 9.17) is 5.73 Å². The lowest BCUT2D eigenvalue weighted by molar-refractivity contribution is -0.121. The molecule has 0 saturated carbocycles. The molecule has 1 aromatic rings. The number of phenolic OH excluding ortho intramolecular Hbond substituents is 2. The average Bonchev–Trinajstić information content (AvgIpc) is 2.49. The van der Waals surface area contributed by atoms with Crippen molar-refractivity contribution in [3.8, 4) is 11.5 Å². The number of phenols is 2. The predicted octanol–water partition coefficient (Wildman–Crippen LogP) is 3.26. The van der Waals surface area contributed by atoms with E-state index in [0.717, 1.165) is 25.7 Å². The summed E-state index contributed by atoms with van der Waals surface area (Å²) >= 11 is 0. The predicted molar refractivity (Wildman–Crippen MR) is 92.9 cm³/mol. The van der Waals surface area contributed by atoms with E-state index >= 15 is 0 Å². The first-order valence-electron chi connectivity index (χ1n) is 8.21. The fourth-order valence-corrected chi connectivity index (χ4v) is 2.30. The van der Waals surface area contributed by atoms with E-state index in [0.29, 0.717) is 24.1 Å². The van der Waals surface area contributed by atoms with Crippen molar-refractivity contribution in [3.05, 3.63) is 29.8 Å². The Morgan fingerprint density at radius 2 is 2.04 bits per heavy atom. The molecule has 0 aliphatic rings. The van der Waals surface area contributed by atoms with Crippen LogP contribution in [0.1, 0.15) is 57.9 Å². The second kappa shape index (κ2) is 9.77. The molecule has 1 rings (SSSR count). The first-order chi connectivity index (χ1) is 10.9. The number of hydrogen-bond acceptors (Lipinski definition) is 4. The molecule has 1 unspecified atom stereocenters. The summed E-state index contributed by atoms with van der Waals surface area (Å²) < 4.78 is 0. The summed E-state index contributed by atoms with van der Waals surface area (Å²) in [5.41, 5.74) is 6.84. The van der Waals surface area contributed by atoms with Gasteiger partial charge in [-0.3, -0.25) is 4.79 Å². The molecule has 1 aromatic carbocycles. The van der Waals surface area contributed by atoms with Crippen LogP contribution in [0.4, 0.5) is 0 Å². The number of unbranched alkanes of at least 4 members (excludes halogenated alkanes) is 3. The number of carbonyl (C=O) groups is 1. The van der Waals surface area contributed by atoms with Crippen LogP contribution >= 0.6 is 0 Å². The van der Waals surface area contributed by atoms with Crippen LogP contribution in [0.5, 0.6) is 11.5 Å². The van der Waals surface area contributed by atoms with Crippen LogP contribution in [0.25, 0.3) is 5.70 Å². The maximum absolute atomic E-state index is 11.8. The Kier molecular flexibility index (Phi) is 8.02. The standard InChI is InChI=1S/C18H28N2O3/c1-3-4-5-6-7-18(23)20-13(2)8-11-16(19)15-10-9-14(21)12-17(15)22/h9-13,21-22H,3-8,19H2,1-2H3,(H,20,23)/b16-11-. The van der Waals surface area contributed by atoms with Gasteiger partial charge in [0.15, 0.2) is 0 Å². The van der Waals surface area contributed by atoms with E-state index in [1.54, 1.807) is 12.1 Å². The van der Waals surface area contributed by atoms with E-state index in [1.165, 1.54) is 12.1 Å². The van der Waals surface area contributed by atoms with Crippen molar-refractivity contribution in [1.82, 2.24) is 5.32 Å². The second-order valence-corrected chi connectivity index (χ2v) is 5.88. The molecule has 0 spiro atoms. The Morgan fingerprint density at radius 1 is 1.30 bits per heavy atom. The van der Waals surface area contributed by atoms with E-state index < -0.39 is 0 Å². The Hall–Kier alpha value is -2.17. The molecule has 1 amide bonds. The van der Waals surface area contributed by atoms with Crippen molar-refractivity contribution in [3.63, 3.8) is 0 Å². The van der Waals surface area contributed by atoms with Gasteiger partial charge in [0.1, 0.15) is 11.5 Å². The highest BCUT2D eigenvalue weighted by Crippen LogP contribution is 2.26. The van der Waals surface area contributed by atoms with Crippen molar-refractivity contribution in [2.75, 3.05) is 0 Å². The molecule has 5 N–H and O–H groups in total. The number of amides is 1. The number of nitrogens with two attached hydrogens (primary N) is 1. The molecule has 0 heterocycles. The minimum atomic E-state index is -0.0636. The van der Waals surface area contributed by atoms with Crippen LogP contribution in [-0.2, 0) is 4.79 Å². The third kappa shape index (κ3) is 7.08. The fourth-order valence-electron chi connectivity index (χ4n) is 2.30. The molecule has 0 radical (unpaired) electrons. The van der Waals surface area contributed by atoms with Crippen LogP contribution in [0.15, 0.2) is 24.3 Å². The van der Waals surface area contributed by atoms with E-state index in [2.05, 4.69) is 12.2 Å². The summed E-state index contributed by atoms with van der Waals surface area (Å²) in [6.07, 6.45) is 7.24. The molecule has 0 aromatic heterocycles. The first-order valence-corrected chi connectivity index (χ1v) is 8.21. The average molecular weight is 320 g/mol. The van der Waals surface area contributed by atoms with E-state index in [9.17, 15) is 15.0 Å². The third-order valence-electron chi connectivity index (χ3n) is 3.65. The lowest BCUT2D eigenvalue weighted by Gasteiger charge is -2.13. The Bertz CT molecular complexity index is 541. The van der Waals surface area contributed by atoms with Crippen LogP contribution in [0.2, 0.25) is 0 Å². The van der Waals surface area contributed by atoms with E-state index in [-0.39, 0.29) is 23.4 Å². The minimum Gasteiger partial charge on any atom is -0.508 e. The molecule has 5 heteroatoms. The summed E-state index contributed by atoms with van der Waals surface area (Å²) in [5.74, 6) is -0.0119. The highest BCUT2D eigenvalue weighted by Gasteiger charge is 2.08. The Balaban J connectivity index is 2.44. The zero-order chi connectivity index (χ0) is 17.2. The molecule has 5 nitrogen and oxygen atoms in total. The van der Waals surface area contributed by atoms with Gasteiger partial charge in [0.25, 0.3) is 0 Å². The highest BCUT2D eigenvalue weighted by atomic mass is 16.3. The molecular formula is C18H28N2O3. The number of hydrogen-bond donors (Lipinski definition) is 4. The van der Waals surface area contributed by atoms with Crippen molar-refractivity contribution in [2.24, 2.45) is 5.73 Å². The normalized spacial score (nSPS) is 12.9. The van der Waals surface area contributed by atoms with Gasteiger partial charge >= 0.3 is 0 Å². The summed E-state index contributed by atoms with van der Waals surface area (Å²) in [5, 5.41) is 22.0. The Labute approximate surface area is 138 Å². The number of aromatic hydroxyl groups is 2. The fraction of sp³-hybridized carbons (Fsp3) is 0.500. The molecule has 23 heavy (non-hydrogen) atoms. The molecule has 0 fully saturated rings. The quantitative estimate of drug-likeness (QED) is 0.525. The summed E-state index contributed by atoms with van der Waals surface area (Å²) in [6.45, 7) is 4.06. The Morgan fingerprint density at radius 3 is 2.70 bits per heavy atom. The lowest BCUT2D eigenvalue weighted by Crippen LogP contribution is -2.32. The van der Waals surface area contributed by atoms with Crippen LogP contribution < -0.4 is 11.1 Å². The largest absolute Gasteiger partial charge is 0.508 e. The summed E-state index contributed by atoms with van der Waals surface area (Å²) in [6, 6.07) is 4.26. The summed E-state index contributed by atoms with van der Waals surface area (Å²) in [4.78, 5) is 11.8. The monoisotopic (exact) mass is 320 g/mol. The van der Waals surface area contributed by atoms with Crippen molar-refractivity contribution >= 4 is 11.6 Å². The van der Waals surface area contributed by atoms with Gasteiger partial charge < -0.3 is 21.3 Å². The van der Waals surface area contributed by atoms with Crippen molar-refractivity contribution < 1.29 is 15.0 Å². The zero-order valence-electron chi connectivity index (χ0n) is 14.0. The molecule has 1 atom stereocenters. The topological polar surface area (TPSA) is 95.6 Å². The van der Waals surface area contributed by atoms with Gasteiger partial charge in [-0.15, -0.1) is 0 Å². The number of nitrogens with one attached hydrogen (secondary N) is 1. The second-order valence-electron chi connectivity index (χ2n) is 5.88. The zero-order valence-corrected chi connectivity index (χ0v) is 14.0. The molecule has 0 aliphatic heterocycles. The molecule has 0 saturated heterocycles. The molecule has 128 valence electrons. The van der Waals surface area contributed by atoms with Crippen LogP contribution in [-0.4, -0.2) is 22.2 Å².